The van der Waals surface area contributed by atoms with Gasteiger partial charge < -0.3 is 9.47 Å². The van der Waals surface area contributed by atoms with Crippen LogP contribution in [0.4, 0.5) is 9.18 Å². The molecule has 3 rings (SSSR count). The van der Waals surface area contributed by atoms with Crippen molar-refractivity contribution >= 4 is 74.2 Å². The van der Waals surface area contributed by atoms with Crippen LogP contribution in [0.1, 0.15) is 17.5 Å². The van der Waals surface area contributed by atoms with Crippen LogP contribution in [0.2, 0.25) is 0 Å². The third-order valence-corrected chi connectivity index (χ3v) is 6.76. The number of ether oxygens (including phenoxy) is 2. The molecule has 0 radical (unpaired) electrons. The molecule has 158 valence electrons. The summed E-state index contributed by atoms with van der Waals surface area (Å²) in [4.78, 5) is 26.3. The Morgan fingerprint density at radius 2 is 1.87 bits per heavy atom. The lowest BCUT2D eigenvalue weighted by atomic mass is 10.2. The van der Waals surface area contributed by atoms with Gasteiger partial charge in [0.1, 0.15) is 18.2 Å². The van der Waals surface area contributed by atoms with Crippen molar-refractivity contribution in [2.45, 2.75) is 13.0 Å². The number of amides is 2. The van der Waals surface area contributed by atoms with Gasteiger partial charge in [-0.3, -0.25) is 14.5 Å². The lowest BCUT2D eigenvalue weighted by Crippen LogP contribution is -2.29. The van der Waals surface area contributed by atoms with E-state index in [1.54, 1.807) is 31.4 Å². The van der Waals surface area contributed by atoms with Crippen molar-refractivity contribution in [3.05, 3.63) is 65.4 Å². The molecular formula is C21H18FI2NO4S. The Bertz CT molecular complexity index is 976. The second-order valence-corrected chi connectivity index (χ2v) is 9.69. The molecule has 1 fully saturated rings. The SMILES string of the molecule is COCCCN1C(=O)S/C(=C/c2cc(I)c(OCc3ccccc3F)c(I)c2)C1=O. The van der Waals surface area contributed by atoms with Crippen LogP contribution in [-0.2, 0) is 16.1 Å². The van der Waals surface area contributed by atoms with Crippen molar-refractivity contribution in [2.24, 2.45) is 0 Å². The average Bonchev–Trinajstić information content (AvgIpc) is 2.96. The summed E-state index contributed by atoms with van der Waals surface area (Å²) in [5.74, 6) is 0.0654. The van der Waals surface area contributed by atoms with E-state index in [9.17, 15) is 14.0 Å². The van der Waals surface area contributed by atoms with E-state index in [1.807, 2.05) is 12.1 Å². The predicted molar refractivity (Wildman–Crippen MR) is 132 cm³/mol. The van der Waals surface area contributed by atoms with Gasteiger partial charge in [-0.25, -0.2) is 4.39 Å². The predicted octanol–water partition coefficient (Wildman–Crippen LogP) is 5.69. The monoisotopic (exact) mass is 653 g/mol. The molecule has 0 unspecified atom stereocenters. The Balaban J connectivity index is 1.74. The highest BCUT2D eigenvalue weighted by molar-refractivity contribution is 14.1. The normalized spacial score (nSPS) is 15.3. The van der Waals surface area contributed by atoms with Gasteiger partial charge in [0.25, 0.3) is 11.1 Å². The maximum absolute atomic E-state index is 13.8. The molecule has 0 N–H and O–H groups in total. The summed E-state index contributed by atoms with van der Waals surface area (Å²) in [5, 5.41) is -0.267. The highest BCUT2D eigenvalue weighted by atomic mass is 127. The molecule has 1 heterocycles. The van der Waals surface area contributed by atoms with Crippen molar-refractivity contribution in [2.75, 3.05) is 20.3 Å². The smallest absolute Gasteiger partial charge is 0.293 e. The number of thioether (sulfide) groups is 1. The summed E-state index contributed by atoms with van der Waals surface area (Å²) >= 11 is 5.24. The molecule has 30 heavy (non-hydrogen) atoms. The Morgan fingerprint density at radius 3 is 2.53 bits per heavy atom. The molecule has 1 aliphatic heterocycles. The minimum atomic E-state index is -0.305. The van der Waals surface area contributed by atoms with Gasteiger partial charge in [0.2, 0.25) is 0 Å². The molecular weight excluding hydrogens is 635 g/mol. The van der Waals surface area contributed by atoms with E-state index in [2.05, 4.69) is 45.2 Å². The number of hydrogen-bond acceptors (Lipinski definition) is 5. The standard InChI is InChI=1S/C21H18FI2NO4S/c1-28-8-4-7-25-20(26)18(30-21(25)27)11-13-9-16(23)19(17(24)10-13)29-12-14-5-2-3-6-15(14)22/h2-3,5-6,9-11H,4,7-8,12H2,1H3/b18-11+. The summed E-state index contributed by atoms with van der Waals surface area (Å²) in [7, 11) is 1.58. The third-order valence-electron chi connectivity index (χ3n) is 4.25. The number of methoxy groups -OCH3 is 1. The van der Waals surface area contributed by atoms with Crippen LogP contribution in [0.3, 0.4) is 0 Å². The zero-order valence-corrected chi connectivity index (χ0v) is 21.1. The molecule has 5 nitrogen and oxygen atoms in total. The van der Waals surface area contributed by atoms with E-state index < -0.39 is 0 Å². The fourth-order valence-corrected chi connectivity index (χ4v) is 5.77. The maximum Gasteiger partial charge on any atom is 0.293 e. The van der Waals surface area contributed by atoms with Crippen LogP contribution < -0.4 is 4.74 Å². The molecule has 9 heteroatoms. The van der Waals surface area contributed by atoms with E-state index in [1.165, 1.54) is 11.0 Å². The Hall–Kier alpha value is -1.18. The minimum Gasteiger partial charge on any atom is -0.487 e. The molecule has 2 amide bonds. The summed E-state index contributed by atoms with van der Waals surface area (Å²) in [6, 6.07) is 10.2. The van der Waals surface area contributed by atoms with Crippen molar-refractivity contribution < 1.29 is 23.5 Å². The molecule has 0 aromatic heterocycles. The number of halogens is 3. The van der Waals surface area contributed by atoms with Crippen LogP contribution in [0.15, 0.2) is 41.3 Å². The molecule has 0 aliphatic carbocycles. The Kier molecular flexibility index (Phi) is 8.54. The second-order valence-electron chi connectivity index (χ2n) is 6.37. The highest BCUT2D eigenvalue weighted by Gasteiger charge is 2.34. The van der Waals surface area contributed by atoms with E-state index in [-0.39, 0.29) is 23.6 Å². The first-order valence-corrected chi connectivity index (χ1v) is 12.0. The van der Waals surface area contributed by atoms with Crippen molar-refractivity contribution in [1.29, 1.82) is 0 Å². The van der Waals surface area contributed by atoms with E-state index in [0.29, 0.717) is 35.8 Å². The maximum atomic E-state index is 13.8. The Morgan fingerprint density at radius 1 is 1.17 bits per heavy atom. The van der Waals surface area contributed by atoms with Gasteiger partial charge in [-0.15, -0.1) is 0 Å². The minimum absolute atomic E-state index is 0.123. The van der Waals surface area contributed by atoms with E-state index in [0.717, 1.165) is 24.5 Å². The summed E-state index contributed by atoms with van der Waals surface area (Å²) in [6.45, 7) is 0.956. The molecule has 2 aromatic rings. The lowest BCUT2D eigenvalue weighted by Gasteiger charge is -2.12. The van der Waals surface area contributed by atoms with Gasteiger partial charge >= 0.3 is 0 Å². The summed E-state index contributed by atoms with van der Waals surface area (Å²) < 4.78 is 26.3. The molecule has 2 aromatic carbocycles. The van der Waals surface area contributed by atoms with Crippen LogP contribution in [0.25, 0.3) is 6.08 Å². The summed E-state index contributed by atoms with van der Waals surface area (Å²) in [5.41, 5.74) is 1.28. The molecule has 0 atom stereocenters. The Labute approximate surface area is 205 Å². The number of rotatable bonds is 8. The average molecular weight is 653 g/mol. The molecule has 0 saturated carbocycles. The number of imide groups is 1. The quantitative estimate of drug-likeness (QED) is 0.209. The van der Waals surface area contributed by atoms with Crippen LogP contribution >= 0.6 is 56.9 Å². The largest absolute Gasteiger partial charge is 0.487 e. The van der Waals surface area contributed by atoms with Crippen LogP contribution in [0.5, 0.6) is 5.75 Å². The molecule has 0 bridgehead atoms. The number of carbonyl (C=O) groups is 2. The number of hydrogen-bond donors (Lipinski definition) is 0. The fourth-order valence-electron chi connectivity index (χ4n) is 2.78. The van der Waals surface area contributed by atoms with Gasteiger partial charge in [0.15, 0.2) is 0 Å². The number of carbonyl (C=O) groups excluding carboxylic acids is 2. The lowest BCUT2D eigenvalue weighted by molar-refractivity contribution is -0.122. The van der Waals surface area contributed by atoms with Gasteiger partial charge in [0, 0.05) is 25.8 Å². The van der Waals surface area contributed by atoms with Gasteiger partial charge in [-0.2, -0.15) is 0 Å². The van der Waals surface area contributed by atoms with E-state index >= 15 is 0 Å². The van der Waals surface area contributed by atoms with E-state index in [4.69, 9.17) is 9.47 Å². The summed E-state index contributed by atoms with van der Waals surface area (Å²) in [6.07, 6.45) is 2.32. The fraction of sp³-hybridized carbons (Fsp3) is 0.238. The van der Waals surface area contributed by atoms with Crippen molar-refractivity contribution in [1.82, 2.24) is 4.90 Å². The van der Waals surface area contributed by atoms with Gasteiger partial charge in [-0.1, -0.05) is 18.2 Å². The first kappa shape index (κ1) is 23.5. The van der Waals surface area contributed by atoms with Gasteiger partial charge in [-0.05, 0) is 93.2 Å². The highest BCUT2D eigenvalue weighted by Crippen LogP contribution is 2.35. The number of benzene rings is 2. The zero-order chi connectivity index (χ0) is 21.7. The molecule has 1 aliphatic rings. The first-order valence-electron chi connectivity index (χ1n) is 9.00. The van der Waals surface area contributed by atoms with Crippen LogP contribution in [0, 0.1) is 13.0 Å². The third kappa shape index (κ3) is 5.74. The van der Waals surface area contributed by atoms with Gasteiger partial charge in [0.05, 0.1) is 12.0 Å². The molecule has 1 saturated heterocycles. The zero-order valence-electron chi connectivity index (χ0n) is 16.0. The first-order chi connectivity index (χ1) is 14.4. The number of nitrogens with zero attached hydrogens (tertiary/aromatic N) is 1. The second kappa shape index (κ2) is 10.9. The molecule has 0 spiro atoms. The van der Waals surface area contributed by atoms with Crippen LogP contribution in [-0.4, -0.2) is 36.3 Å². The topological polar surface area (TPSA) is 55.8 Å². The van der Waals surface area contributed by atoms with Crippen molar-refractivity contribution in [3.63, 3.8) is 0 Å². The van der Waals surface area contributed by atoms with Crippen molar-refractivity contribution in [3.8, 4) is 5.75 Å².